The molecular weight excluding hydrogens is 524 g/mol. The number of imidazole rings is 1. The van der Waals surface area contributed by atoms with Gasteiger partial charge in [-0.25, -0.2) is 14.3 Å². The molecule has 10 nitrogen and oxygen atoms in total. The molecule has 0 aliphatic carbocycles. The number of H-pyrrole nitrogens is 1. The number of aromatic nitrogens is 3. The maximum absolute atomic E-state index is 13.5. The molecule has 2 heterocycles. The third kappa shape index (κ3) is 8.28. The lowest BCUT2D eigenvalue weighted by molar-refractivity contribution is -0.121. The lowest BCUT2D eigenvalue weighted by Crippen LogP contribution is -2.31. The molecule has 0 radical (unpaired) electrons. The summed E-state index contributed by atoms with van der Waals surface area (Å²) in [5, 5.41) is 3.79. The molecule has 3 aromatic rings. The maximum atomic E-state index is 13.5. The van der Waals surface area contributed by atoms with Gasteiger partial charge in [0.15, 0.2) is 5.78 Å². The molecule has 2 aromatic heterocycles. The van der Waals surface area contributed by atoms with Gasteiger partial charge in [-0.2, -0.15) is 0 Å². The molecular formula is C31H42N4O6. The van der Waals surface area contributed by atoms with Crippen LogP contribution in [0, 0.1) is 6.92 Å². The van der Waals surface area contributed by atoms with Crippen molar-refractivity contribution < 1.29 is 28.7 Å². The lowest BCUT2D eigenvalue weighted by atomic mass is 10.0. The molecule has 10 heteroatoms. The van der Waals surface area contributed by atoms with Crippen LogP contribution in [0.1, 0.15) is 107 Å². The molecule has 222 valence electrons. The van der Waals surface area contributed by atoms with Gasteiger partial charge in [0, 0.05) is 30.8 Å². The first-order chi connectivity index (χ1) is 19.3. The van der Waals surface area contributed by atoms with E-state index in [9.17, 15) is 19.2 Å². The SMILES string of the molecule is CCC(=O)CCCCC[C@H](NC(=O)Cc1c(C)n(C(=O)OC(C)(C)C)c2ccc(OC)cc12)c1ncc(C(C)=O)[nH]1. The Bertz CT molecular complexity index is 1410. The topological polar surface area (TPSA) is 132 Å². The molecule has 1 atom stereocenters. The molecule has 0 bridgehead atoms. The third-order valence-corrected chi connectivity index (χ3v) is 6.94. The first kappa shape index (κ1) is 31.6. The van der Waals surface area contributed by atoms with Gasteiger partial charge < -0.3 is 19.8 Å². The van der Waals surface area contributed by atoms with Gasteiger partial charge in [-0.15, -0.1) is 0 Å². The second-order valence-corrected chi connectivity index (χ2v) is 11.3. The number of hydrogen-bond acceptors (Lipinski definition) is 7. The highest BCUT2D eigenvalue weighted by Crippen LogP contribution is 2.31. The van der Waals surface area contributed by atoms with Crippen molar-refractivity contribution in [1.82, 2.24) is 19.9 Å². The minimum absolute atomic E-state index is 0.00702. The zero-order chi connectivity index (χ0) is 30.3. The highest BCUT2D eigenvalue weighted by molar-refractivity contribution is 5.97. The number of carbonyl (C=O) groups is 4. The van der Waals surface area contributed by atoms with Gasteiger partial charge in [-0.3, -0.25) is 14.4 Å². The highest BCUT2D eigenvalue weighted by Gasteiger charge is 2.26. The van der Waals surface area contributed by atoms with Crippen LogP contribution in [-0.4, -0.2) is 50.8 Å². The van der Waals surface area contributed by atoms with E-state index in [0.717, 1.165) is 24.6 Å². The van der Waals surface area contributed by atoms with Gasteiger partial charge in [-0.05, 0) is 64.3 Å². The van der Waals surface area contributed by atoms with Crippen molar-refractivity contribution >= 4 is 34.5 Å². The summed E-state index contributed by atoms with van der Waals surface area (Å²) in [7, 11) is 1.56. The van der Waals surface area contributed by atoms with Crippen molar-refractivity contribution in [3.05, 3.63) is 47.2 Å². The van der Waals surface area contributed by atoms with E-state index in [1.807, 2.05) is 13.0 Å². The van der Waals surface area contributed by atoms with Crippen LogP contribution in [0.5, 0.6) is 5.75 Å². The number of aromatic amines is 1. The van der Waals surface area contributed by atoms with Crippen molar-refractivity contribution in [2.24, 2.45) is 0 Å². The summed E-state index contributed by atoms with van der Waals surface area (Å²) in [6, 6.07) is 4.91. The Labute approximate surface area is 241 Å². The largest absolute Gasteiger partial charge is 0.497 e. The summed E-state index contributed by atoms with van der Waals surface area (Å²) in [5.41, 5.74) is 1.59. The van der Waals surface area contributed by atoms with Crippen LogP contribution in [0.4, 0.5) is 4.79 Å². The number of ether oxygens (including phenoxy) is 2. The molecule has 0 saturated heterocycles. The number of hydrogen-bond donors (Lipinski definition) is 2. The highest BCUT2D eigenvalue weighted by atomic mass is 16.6. The quantitative estimate of drug-likeness (QED) is 0.192. The number of nitrogens with zero attached hydrogens (tertiary/aromatic N) is 2. The number of ketones is 2. The van der Waals surface area contributed by atoms with E-state index in [4.69, 9.17) is 9.47 Å². The van der Waals surface area contributed by atoms with Gasteiger partial charge in [0.1, 0.15) is 28.7 Å². The standard InChI is InChI=1S/C31H42N4O6/c1-8-21(37)12-10-9-11-13-25(29-32-18-26(34-29)20(3)36)33-28(38)17-23-19(2)35(30(39)41-31(4,5)6)27-15-14-22(40-7)16-24(23)27/h14-16,18,25H,8-13,17H2,1-7H3,(H,32,34)(H,33,38)/t25-/m0/s1. The Morgan fingerprint density at radius 1 is 1.12 bits per heavy atom. The summed E-state index contributed by atoms with van der Waals surface area (Å²) >= 11 is 0. The van der Waals surface area contributed by atoms with Crippen molar-refractivity contribution in [3.63, 3.8) is 0 Å². The van der Waals surface area contributed by atoms with Gasteiger partial charge in [0.2, 0.25) is 5.91 Å². The van der Waals surface area contributed by atoms with Crippen molar-refractivity contribution in [3.8, 4) is 5.75 Å². The molecule has 0 unspecified atom stereocenters. The number of nitrogens with one attached hydrogen (secondary N) is 2. The fourth-order valence-corrected chi connectivity index (χ4v) is 4.76. The molecule has 3 rings (SSSR count). The van der Waals surface area contributed by atoms with Gasteiger partial charge in [0.25, 0.3) is 0 Å². The lowest BCUT2D eigenvalue weighted by Gasteiger charge is -2.20. The number of carbonyl (C=O) groups excluding carboxylic acids is 4. The number of rotatable bonds is 13. The number of Topliss-reactive ketones (excluding diaryl/α,β-unsaturated/α-hetero) is 2. The first-order valence-electron chi connectivity index (χ1n) is 14.1. The fourth-order valence-electron chi connectivity index (χ4n) is 4.76. The first-order valence-corrected chi connectivity index (χ1v) is 14.1. The number of methoxy groups -OCH3 is 1. The molecule has 1 amide bonds. The van der Waals surface area contributed by atoms with E-state index in [1.165, 1.54) is 17.7 Å². The van der Waals surface area contributed by atoms with E-state index in [1.54, 1.807) is 46.9 Å². The number of benzene rings is 1. The minimum atomic E-state index is -0.692. The summed E-state index contributed by atoms with van der Waals surface area (Å²) in [4.78, 5) is 57.5. The van der Waals surface area contributed by atoms with E-state index in [-0.39, 0.29) is 23.9 Å². The molecule has 2 N–H and O–H groups in total. The summed E-state index contributed by atoms with van der Waals surface area (Å²) in [6.45, 7) is 10.5. The van der Waals surface area contributed by atoms with Gasteiger partial charge in [0.05, 0.1) is 31.3 Å². The smallest absolute Gasteiger partial charge is 0.419 e. The fraction of sp³-hybridized carbons (Fsp3) is 0.516. The summed E-state index contributed by atoms with van der Waals surface area (Å²) < 4.78 is 12.6. The normalized spacial score (nSPS) is 12.3. The molecule has 1 aromatic carbocycles. The van der Waals surface area contributed by atoms with E-state index >= 15 is 0 Å². The van der Waals surface area contributed by atoms with Crippen molar-refractivity contribution in [1.29, 1.82) is 0 Å². The summed E-state index contributed by atoms with van der Waals surface area (Å²) in [6.07, 6.45) is 5.02. The van der Waals surface area contributed by atoms with Crippen LogP contribution in [0.2, 0.25) is 0 Å². The predicted molar refractivity (Wildman–Crippen MR) is 156 cm³/mol. The Morgan fingerprint density at radius 3 is 2.46 bits per heavy atom. The van der Waals surface area contributed by atoms with Gasteiger partial charge in [-0.1, -0.05) is 19.8 Å². The second kappa shape index (κ2) is 13.6. The van der Waals surface area contributed by atoms with Crippen LogP contribution < -0.4 is 10.1 Å². The Balaban J connectivity index is 1.86. The molecule has 0 spiro atoms. The van der Waals surface area contributed by atoms with Crippen LogP contribution in [0.15, 0.2) is 24.4 Å². The average molecular weight is 567 g/mol. The maximum Gasteiger partial charge on any atom is 0.419 e. The van der Waals surface area contributed by atoms with Crippen LogP contribution >= 0.6 is 0 Å². The average Bonchev–Trinajstić information content (AvgIpc) is 3.50. The minimum Gasteiger partial charge on any atom is -0.497 e. The second-order valence-electron chi connectivity index (χ2n) is 11.3. The van der Waals surface area contributed by atoms with Crippen molar-refractivity contribution in [2.75, 3.05) is 7.11 Å². The van der Waals surface area contributed by atoms with E-state index in [0.29, 0.717) is 53.3 Å². The summed E-state index contributed by atoms with van der Waals surface area (Å²) in [5.74, 6) is 0.942. The van der Waals surface area contributed by atoms with Crippen LogP contribution in [0.3, 0.4) is 0 Å². The van der Waals surface area contributed by atoms with Crippen LogP contribution in [-0.2, 0) is 20.7 Å². The Morgan fingerprint density at radius 2 is 1.85 bits per heavy atom. The van der Waals surface area contributed by atoms with Gasteiger partial charge >= 0.3 is 6.09 Å². The molecule has 0 aliphatic heterocycles. The van der Waals surface area contributed by atoms with E-state index < -0.39 is 17.7 Å². The molecule has 41 heavy (non-hydrogen) atoms. The zero-order valence-corrected chi connectivity index (χ0v) is 25.2. The monoisotopic (exact) mass is 566 g/mol. The third-order valence-electron chi connectivity index (χ3n) is 6.94. The molecule has 0 aliphatic rings. The Kier molecular flexibility index (Phi) is 10.5. The number of unbranched alkanes of at least 4 members (excludes halogenated alkanes) is 2. The molecule has 0 fully saturated rings. The van der Waals surface area contributed by atoms with Crippen LogP contribution in [0.25, 0.3) is 10.9 Å². The number of fused-ring (bicyclic) bond motifs is 1. The number of amides is 1. The van der Waals surface area contributed by atoms with Crippen molar-refractivity contribution in [2.45, 2.75) is 98.1 Å². The zero-order valence-electron chi connectivity index (χ0n) is 25.2. The predicted octanol–water partition coefficient (Wildman–Crippen LogP) is 6.00. The molecule has 0 saturated carbocycles. The van der Waals surface area contributed by atoms with E-state index in [2.05, 4.69) is 15.3 Å². The Hall–Kier alpha value is -3.95.